The number of aromatic amines is 1. The molecule has 1 saturated heterocycles. The van der Waals surface area contributed by atoms with Crippen LogP contribution in [-0.4, -0.2) is 90.1 Å². The summed E-state index contributed by atoms with van der Waals surface area (Å²) in [6.07, 6.45) is 6.19. The van der Waals surface area contributed by atoms with E-state index in [1.807, 2.05) is 0 Å². The van der Waals surface area contributed by atoms with Gasteiger partial charge >= 0.3 is 5.97 Å². The number of aryl methyl sites for hydroxylation is 1. The molecule has 3 heterocycles. The molecule has 0 atom stereocenters. The fraction of sp³-hybridized carbons (Fsp3) is 0.607. The van der Waals surface area contributed by atoms with Crippen molar-refractivity contribution >= 4 is 39.4 Å². The second kappa shape index (κ2) is 14.3. The molecule has 0 radical (unpaired) electrons. The zero-order valence-electron chi connectivity index (χ0n) is 22.6. The summed E-state index contributed by atoms with van der Waals surface area (Å²) in [7, 11) is 0. The average Bonchev–Trinajstić information content (AvgIpc) is 3.36. The topological polar surface area (TPSA) is 130 Å². The number of nitrogens with zero attached hydrogens (tertiary/aromatic N) is 4. The summed E-state index contributed by atoms with van der Waals surface area (Å²) in [5, 5.41) is 9.63. The third kappa shape index (κ3) is 7.78. The largest absolute Gasteiger partial charge is 0.481 e. The number of ether oxygens (including phenoxy) is 2. The summed E-state index contributed by atoms with van der Waals surface area (Å²) >= 11 is 0. The van der Waals surface area contributed by atoms with E-state index < -0.39 is 5.97 Å². The first-order valence-electron chi connectivity index (χ1n) is 14.0. The van der Waals surface area contributed by atoms with Crippen molar-refractivity contribution in [3.05, 3.63) is 24.0 Å². The molecule has 0 amide bonds. The van der Waals surface area contributed by atoms with E-state index in [9.17, 15) is 4.79 Å². The van der Waals surface area contributed by atoms with E-state index in [2.05, 4.69) is 44.9 Å². The van der Waals surface area contributed by atoms with Gasteiger partial charge in [-0.3, -0.25) is 9.69 Å². The number of carbonyl (C=O) groups is 1. The Labute approximate surface area is 224 Å². The normalized spacial score (nSPS) is 14.6. The van der Waals surface area contributed by atoms with E-state index in [0.717, 1.165) is 112 Å². The number of rotatable bonds is 16. The maximum Gasteiger partial charge on any atom is 0.305 e. The van der Waals surface area contributed by atoms with Crippen LogP contribution in [0.5, 0.6) is 0 Å². The van der Waals surface area contributed by atoms with Crippen molar-refractivity contribution in [1.82, 2.24) is 19.9 Å². The van der Waals surface area contributed by atoms with Crippen LogP contribution in [0.3, 0.4) is 0 Å². The lowest BCUT2D eigenvalue weighted by Crippen LogP contribution is -2.47. The van der Waals surface area contributed by atoms with Gasteiger partial charge in [0.2, 0.25) is 0 Å². The molecular formula is C28H42N6O4. The number of hydrogen-bond donors (Lipinski definition) is 3. The molecular weight excluding hydrogens is 484 g/mol. The summed E-state index contributed by atoms with van der Waals surface area (Å²) in [5.41, 5.74) is 10.1. The highest BCUT2D eigenvalue weighted by molar-refractivity contribution is 6.07. The fourth-order valence-corrected chi connectivity index (χ4v) is 4.83. The van der Waals surface area contributed by atoms with E-state index in [4.69, 9.17) is 25.3 Å². The number of nitrogen functional groups attached to an aromatic ring is 1. The van der Waals surface area contributed by atoms with Crippen molar-refractivity contribution in [1.29, 1.82) is 0 Å². The molecule has 0 spiro atoms. The van der Waals surface area contributed by atoms with Crippen molar-refractivity contribution in [2.75, 3.05) is 69.8 Å². The number of aliphatic carboxylic acids is 1. The van der Waals surface area contributed by atoms with Crippen molar-refractivity contribution in [3.8, 4) is 0 Å². The van der Waals surface area contributed by atoms with Gasteiger partial charge in [-0.25, -0.2) is 9.97 Å². The van der Waals surface area contributed by atoms with Crippen molar-refractivity contribution < 1.29 is 19.4 Å². The molecule has 10 nitrogen and oxygen atoms in total. The van der Waals surface area contributed by atoms with Crippen LogP contribution in [0.25, 0.3) is 21.9 Å². The van der Waals surface area contributed by atoms with Crippen LogP contribution < -0.4 is 10.6 Å². The predicted octanol–water partition coefficient (Wildman–Crippen LogP) is 3.84. The first-order valence-corrected chi connectivity index (χ1v) is 14.0. The number of piperazine rings is 1. The molecule has 1 fully saturated rings. The van der Waals surface area contributed by atoms with Crippen LogP contribution in [-0.2, 0) is 20.7 Å². The monoisotopic (exact) mass is 526 g/mol. The first kappa shape index (κ1) is 28.1. The molecule has 0 bridgehead atoms. The molecule has 38 heavy (non-hydrogen) atoms. The second-order valence-corrected chi connectivity index (χ2v) is 9.97. The Morgan fingerprint density at radius 3 is 2.53 bits per heavy atom. The lowest BCUT2D eigenvalue weighted by atomic mass is 10.1. The molecule has 1 aromatic carbocycles. The van der Waals surface area contributed by atoms with E-state index in [0.29, 0.717) is 19.0 Å². The Kier molecular flexibility index (Phi) is 10.5. The highest BCUT2D eigenvalue weighted by Crippen LogP contribution is 2.30. The minimum atomic E-state index is -0.816. The molecule has 0 aliphatic carbocycles. The lowest BCUT2D eigenvalue weighted by Gasteiger charge is -2.36. The lowest BCUT2D eigenvalue weighted by molar-refractivity contribution is -0.138. The van der Waals surface area contributed by atoms with Gasteiger partial charge in [-0.05, 0) is 43.9 Å². The van der Waals surface area contributed by atoms with Gasteiger partial charge < -0.3 is 30.2 Å². The van der Waals surface area contributed by atoms with Crippen LogP contribution in [0.15, 0.2) is 18.2 Å². The Morgan fingerprint density at radius 2 is 1.79 bits per heavy atom. The minimum absolute atomic E-state index is 0.0706. The van der Waals surface area contributed by atoms with Gasteiger partial charge in [0.1, 0.15) is 22.7 Å². The summed E-state index contributed by atoms with van der Waals surface area (Å²) < 4.78 is 11.1. The van der Waals surface area contributed by atoms with Crippen LogP contribution >= 0.6 is 0 Å². The number of H-pyrrole nitrogens is 1. The Balaban J connectivity index is 1.19. The van der Waals surface area contributed by atoms with E-state index in [1.54, 1.807) is 0 Å². The molecule has 2 aromatic heterocycles. The van der Waals surface area contributed by atoms with Gasteiger partial charge in [0.15, 0.2) is 0 Å². The van der Waals surface area contributed by atoms with Gasteiger partial charge in [0.25, 0.3) is 0 Å². The molecule has 10 heteroatoms. The molecule has 4 rings (SSSR count). The zero-order valence-corrected chi connectivity index (χ0v) is 22.6. The number of fused-ring (bicyclic) bond motifs is 3. The van der Waals surface area contributed by atoms with Crippen LogP contribution in [0.2, 0.25) is 0 Å². The number of carboxylic acid groups (broad SMARTS) is 1. The maximum atomic E-state index is 10.4. The van der Waals surface area contributed by atoms with Crippen molar-refractivity contribution in [3.63, 3.8) is 0 Å². The number of aromatic nitrogens is 3. The molecule has 1 aliphatic heterocycles. The number of nitrogens with one attached hydrogen (secondary N) is 1. The average molecular weight is 527 g/mol. The Hall–Kier alpha value is -2.95. The molecule has 0 unspecified atom stereocenters. The van der Waals surface area contributed by atoms with Crippen molar-refractivity contribution in [2.45, 2.75) is 51.9 Å². The van der Waals surface area contributed by atoms with E-state index in [-0.39, 0.29) is 6.42 Å². The number of nitrogens with two attached hydrogens (primary N) is 1. The summed E-state index contributed by atoms with van der Waals surface area (Å²) in [4.78, 5) is 28.2. The van der Waals surface area contributed by atoms with Gasteiger partial charge in [-0.1, -0.05) is 13.3 Å². The molecule has 4 N–H and O–H groups in total. The van der Waals surface area contributed by atoms with Crippen LogP contribution in [0.1, 0.15) is 51.3 Å². The quantitative estimate of drug-likeness (QED) is 0.238. The van der Waals surface area contributed by atoms with Gasteiger partial charge in [-0.2, -0.15) is 0 Å². The third-order valence-corrected chi connectivity index (χ3v) is 7.08. The predicted molar refractivity (Wildman–Crippen MR) is 151 cm³/mol. The number of pyridine rings is 1. The summed E-state index contributed by atoms with van der Waals surface area (Å²) in [5.74, 6) is 0.670. The second-order valence-electron chi connectivity index (χ2n) is 9.97. The van der Waals surface area contributed by atoms with Gasteiger partial charge in [-0.15, -0.1) is 0 Å². The standard InChI is InChI=1S/C28H42N6O4/c1-2-3-7-24-31-26-22-20-21(8-9-23(22)30-28(29)27(26)32-24)34-13-11-33(12-14-34)15-19-38-17-6-4-5-16-37-18-10-25(35)36/h8-9,20H,2-7,10-19H2,1H3,(H2,29,30)(H,31,32)(H,35,36). The van der Waals surface area contributed by atoms with E-state index >= 15 is 0 Å². The Bertz CT molecular complexity index is 1180. The van der Waals surface area contributed by atoms with Gasteiger partial charge in [0.05, 0.1) is 25.2 Å². The van der Waals surface area contributed by atoms with Crippen LogP contribution in [0, 0.1) is 0 Å². The Morgan fingerprint density at radius 1 is 1.03 bits per heavy atom. The van der Waals surface area contributed by atoms with Gasteiger partial charge in [0, 0.05) is 63.4 Å². The number of imidazole rings is 1. The highest BCUT2D eigenvalue weighted by atomic mass is 16.5. The summed E-state index contributed by atoms with van der Waals surface area (Å²) in [6, 6.07) is 6.41. The highest BCUT2D eigenvalue weighted by Gasteiger charge is 2.19. The first-order chi connectivity index (χ1) is 18.5. The number of unbranched alkanes of at least 4 members (excludes halogenated alkanes) is 3. The number of anilines is 2. The molecule has 3 aromatic rings. The minimum Gasteiger partial charge on any atom is -0.481 e. The number of hydrogen-bond acceptors (Lipinski definition) is 8. The SMILES string of the molecule is CCCCc1nc2c([nH]1)c(N)nc1ccc(N3CCN(CCOCCCCCOCCC(=O)O)CC3)cc12. The maximum absolute atomic E-state index is 10.4. The van der Waals surface area contributed by atoms with E-state index in [1.165, 1.54) is 5.69 Å². The molecule has 208 valence electrons. The number of benzene rings is 1. The third-order valence-electron chi connectivity index (χ3n) is 7.08. The fourth-order valence-electron chi connectivity index (χ4n) is 4.83. The summed E-state index contributed by atoms with van der Waals surface area (Å²) in [6.45, 7) is 9.50. The zero-order chi connectivity index (χ0) is 26.7. The molecule has 1 aliphatic rings. The smallest absolute Gasteiger partial charge is 0.305 e. The van der Waals surface area contributed by atoms with Crippen LogP contribution in [0.4, 0.5) is 11.5 Å². The van der Waals surface area contributed by atoms with Crippen molar-refractivity contribution in [2.24, 2.45) is 0 Å². The molecule has 0 saturated carbocycles. The number of carboxylic acids is 1.